The largest absolute Gasteiger partial charge is 0.476 e. The molecule has 19 heavy (non-hydrogen) atoms. The van der Waals surface area contributed by atoms with Gasteiger partial charge in [-0.15, -0.1) is 11.3 Å². The third-order valence-corrected chi connectivity index (χ3v) is 3.89. The molecule has 2 atom stereocenters. The minimum atomic E-state index is -1.05. The van der Waals surface area contributed by atoms with E-state index in [1.165, 1.54) is 16.7 Å². The zero-order valence-electron chi connectivity index (χ0n) is 10.6. The van der Waals surface area contributed by atoms with Crippen molar-refractivity contribution in [2.75, 3.05) is 6.61 Å². The predicted octanol–water partition coefficient (Wildman–Crippen LogP) is 1.27. The van der Waals surface area contributed by atoms with Gasteiger partial charge in [0.25, 0.3) is 0 Å². The predicted molar refractivity (Wildman–Crippen MR) is 69.1 cm³/mol. The SMILES string of the molecule is C[C@H]1C[C@@H](C(=O)NCc2nc(C(=O)O)cs2)CCO1. The molecule has 0 aliphatic carbocycles. The molecular weight excluding hydrogens is 268 g/mol. The summed E-state index contributed by atoms with van der Waals surface area (Å²) in [5.41, 5.74) is 0.0222. The van der Waals surface area contributed by atoms with Crippen LogP contribution in [0.3, 0.4) is 0 Å². The van der Waals surface area contributed by atoms with Crippen molar-refractivity contribution in [2.24, 2.45) is 5.92 Å². The van der Waals surface area contributed by atoms with Gasteiger partial charge in [-0.2, -0.15) is 0 Å². The van der Waals surface area contributed by atoms with Crippen molar-refractivity contribution in [3.63, 3.8) is 0 Å². The molecule has 0 unspecified atom stereocenters. The average molecular weight is 284 g/mol. The number of aromatic nitrogens is 1. The molecule has 2 N–H and O–H groups in total. The van der Waals surface area contributed by atoms with E-state index in [9.17, 15) is 9.59 Å². The van der Waals surface area contributed by atoms with Crippen LogP contribution >= 0.6 is 11.3 Å². The van der Waals surface area contributed by atoms with Gasteiger partial charge in [-0.25, -0.2) is 9.78 Å². The van der Waals surface area contributed by atoms with E-state index in [2.05, 4.69) is 10.3 Å². The third kappa shape index (κ3) is 3.74. The Balaban J connectivity index is 1.84. The lowest BCUT2D eigenvalue weighted by molar-refractivity contribution is -0.129. The molecule has 7 heteroatoms. The molecule has 1 aromatic heterocycles. The summed E-state index contributed by atoms with van der Waals surface area (Å²) in [7, 11) is 0. The van der Waals surface area contributed by atoms with Crippen molar-refractivity contribution in [3.8, 4) is 0 Å². The summed E-state index contributed by atoms with van der Waals surface area (Å²) in [6, 6.07) is 0. The summed E-state index contributed by atoms with van der Waals surface area (Å²) >= 11 is 1.24. The Labute approximate surface area is 114 Å². The van der Waals surface area contributed by atoms with Gasteiger partial charge in [0.05, 0.1) is 12.6 Å². The molecule has 0 saturated carbocycles. The van der Waals surface area contributed by atoms with E-state index in [0.29, 0.717) is 11.6 Å². The second-order valence-electron chi connectivity index (χ2n) is 4.55. The average Bonchev–Trinajstić information content (AvgIpc) is 2.85. The summed E-state index contributed by atoms with van der Waals surface area (Å²) in [5.74, 6) is -1.09. The van der Waals surface area contributed by atoms with E-state index >= 15 is 0 Å². The highest BCUT2D eigenvalue weighted by atomic mass is 32.1. The highest BCUT2D eigenvalue weighted by Crippen LogP contribution is 2.20. The molecule has 6 nitrogen and oxygen atoms in total. The lowest BCUT2D eigenvalue weighted by Crippen LogP contribution is -2.36. The Kier molecular flexibility index (Phi) is 4.49. The third-order valence-electron chi connectivity index (χ3n) is 3.04. The van der Waals surface area contributed by atoms with Crippen LogP contribution in [0.15, 0.2) is 5.38 Å². The number of carboxylic acids is 1. The highest BCUT2D eigenvalue weighted by Gasteiger charge is 2.25. The zero-order valence-corrected chi connectivity index (χ0v) is 11.4. The molecule has 1 aliphatic heterocycles. The number of carboxylic acid groups (broad SMARTS) is 1. The second kappa shape index (κ2) is 6.12. The fourth-order valence-corrected chi connectivity index (χ4v) is 2.74. The molecular formula is C12H16N2O4S. The minimum Gasteiger partial charge on any atom is -0.476 e. The smallest absolute Gasteiger partial charge is 0.355 e. The molecule has 1 aromatic rings. The molecule has 2 heterocycles. The van der Waals surface area contributed by atoms with E-state index in [4.69, 9.17) is 9.84 Å². The van der Waals surface area contributed by atoms with Crippen LogP contribution in [0.4, 0.5) is 0 Å². The van der Waals surface area contributed by atoms with Crippen LogP contribution in [0.2, 0.25) is 0 Å². The van der Waals surface area contributed by atoms with Crippen LogP contribution in [0.5, 0.6) is 0 Å². The Morgan fingerprint density at radius 2 is 2.42 bits per heavy atom. The number of carbonyl (C=O) groups excluding carboxylic acids is 1. The maximum atomic E-state index is 12.0. The standard InChI is InChI=1S/C12H16N2O4S/c1-7-4-8(2-3-18-7)11(15)13-5-10-14-9(6-19-10)12(16)17/h6-8H,2-5H2,1H3,(H,13,15)(H,16,17)/t7-,8-/m0/s1. The Morgan fingerprint density at radius 3 is 3.05 bits per heavy atom. The number of amides is 1. The van der Waals surface area contributed by atoms with Crippen LogP contribution in [0.1, 0.15) is 35.3 Å². The van der Waals surface area contributed by atoms with E-state index in [1.807, 2.05) is 6.92 Å². The molecule has 2 rings (SSSR count). The molecule has 0 bridgehead atoms. The number of thiazole rings is 1. The van der Waals surface area contributed by atoms with Crippen molar-refractivity contribution in [1.82, 2.24) is 10.3 Å². The fraction of sp³-hybridized carbons (Fsp3) is 0.583. The number of hydrogen-bond donors (Lipinski definition) is 2. The maximum absolute atomic E-state index is 12.0. The number of ether oxygens (including phenoxy) is 1. The first-order valence-corrected chi connectivity index (χ1v) is 7.01. The normalized spacial score (nSPS) is 23.0. The zero-order chi connectivity index (χ0) is 13.8. The molecule has 1 saturated heterocycles. The summed E-state index contributed by atoms with van der Waals surface area (Å²) in [6.07, 6.45) is 1.57. The Bertz CT molecular complexity index is 474. The van der Waals surface area contributed by atoms with Crippen LogP contribution in [-0.4, -0.2) is 34.7 Å². The van der Waals surface area contributed by atoms with Gasteiger partial charge in [-0.1, -0.05) is 0 Å². The quantitative estimate of drug-likeness (QED) is 0.869. The lowest BCUT2D eigenvalue weighted by Gasteiger charge is -2.26. The maximum Gasteiger partial charge on any atom is 0.355 e. The van der Waals surface area contributed by atoms with Crippen molar-refractivity contribution < 1.29 is 19.4 Å². The molecule has 1 amide bonds. The van der Waals surface area contributed by atoms with Gasteiger partial charge in [-0.3, -0.25) is 4.79 Å². The van der Waals surface area contributed by atoms with E-state index < -0.39 is 5.97 Å². The van der Waals surface area contributed by atoms with Gasteiger partial charge < -0.3 is 15.2 Å². The molecule has 0 aromatic carbocycles. The number of rotatable bonds is 4. The number of hydrogen-bond acceptors (Lipinski definition) is 5. The minimum absolute atomic E-state index is 0.0118. The first-order chi connectivity index (χ1) is 9.06. The monoisotopic (exact) mass is 284 g/mol. The number of carbonyl (C=O) groups is 2. The van der Waals surface area contributed by atoms with E-state index in [0.717, 1.165) is 12.8 Å². The highest BCUT2D eigenvalue weighted by molar-refractivity contribution is 7.09. The van der Waals surface area contributed by atoms with Gasteiger partial charge in [0.15, 0.2) is 5.69 Å². The van der Waals surface area contributed by atoms with Crippen molar-refractivity contribution in [2.45, 2.75) is 32.4 Å². The topological polar surface area (TPSA) is 88.5 Å². The number of nitrogens with one attached hydrogen (secondary N) is 1. The van der Waals surface area contributed by atoms with Gasteiger partial charge in [0, 0.05) is 17.9 Å². The van der Waals surface area contributed by atoms with E-state index in [1.54, 1.807) is 0 Å². The van der Waals surface area contributed by atoms with Gasteiger partial charge in [-0.05, 0) is 19.8 Å². The van der Waals surface area contributed by atoms with Gasteiger partial charge in [0.2, 0.25) is 5.91 Å². The Morgan fingerprint density at radius 1 is 1.63 bits per heavy atom. The van der Waals surface area contributed by atoms with Crippen molar-refractivity contribution in [3.05, 3.63) is 16.1 Å². The van der Waals surface area contributed by atoms with Crippen molar-refractivity contribution in [1.29, 1.82) is 0 Å². The number of nitrogens with zero attached hydrogens (tertiary/aromatic N) is 1. The summed E-state index contributed by atoms with van der Waals surface area (Å²) in [4.78, 5) is 26.6. The van der Waals surface area contributed by atoms with Gasteiger partial charge in [0.1, 0.15) is 5.01 Å². The van der Waals surface area contributed by atoms with Crippen molar-refractivity contribution >= 4 is 23.2 Å². The first kappa shape index (κ1) is 14.0. The molecule has 0 spiro atoms. The summed E-state index contributed by atoms with van der Waals surface area (Å²) in [5, 5.41) is 13.6. The lowest BCUT2D eigenvalue weighted by atomic mass is 9.95. The summed E-state index contributed by atoms with van der Waals surface area (Å²) < 4.78 is 5.40. The Hall–Kier alpha value is -1.47. The fourth-order valence-electron chi connectivity index (χ4n) is 2.03. The van der Waals surface area contributed by atoms with E-state index in [-0.39, 0.29) is 30.2 Å². The molecule has 104 valence electrons. The first-order valence-electron chi connectivity index (χ1n) is 6.13. The second-order valence-corrected chi connectivity index (χ2v) is 5.49. The molecule has 1 fully saturated rings. The molecule has 1 aliphatic rings. The van der Waals surface area contributed by atoms with Crippen LogP contribution in [-0.2, 0) is 16.1 Å². The molecule has 0 radical (unpaired) electrons. The van der Waals surface area contributed by atoms with Crippen LogP contribution in [0, 0.1) is 5.92 Å². The van der Waals surface area contributed by atoms with Crippen LogP contribution < -0.4 is 5.32 Å². The summed E-state index contributed by atoms with van der Waals surface area (Å²) in [6.45, 7) is 2.85. The number of aromatic carboxylic acids is 1. The van der Waals surface area contributed by atoms with Crippen LogP contribution in [0.25, 0.3) is 0 Å². The van der Waals surface area contributed by atoms with Gasteiger partial charge >= 0.3 is 5.97 Å².